The van der Waals surface area contributed by atoms with Gasteiger partial charge in [0.15, 0.2) is 0 Å². The first-order valence-corrected chi connectivity index (χ1v) is 8.40. The van der Waals surface area contributed by atoms with E-state index in [4.69, 9.17) is 4.74 Å². The molecule has 0 aliphatic carbocycles. The lowest BCUT2D eigenvalue weighted by Crippen LogP contribution is -2.19. The van der Waals surface area contributed by atoms with Crippen molar-refractivity contribution in [3.8, 4) is 5.75 Å². The van der Waals surface area contributed by atoms with Crippen LogP contribution in [0.25, 0.3) is 0 Å². The van der Waals surface area contributed by atoms with Crippen LogP contribution in [0.2, 0.25) is 0 Å². The Morgan fingerprint density at radius 3 is 1.91 bits per heavy atom. The molecule has 0 aromatic heterocycles. The van der Waals surface area contributed by atoms with E-state index in [1.165, 1.54) is 0 Å². The largest absolute Gasteiger partial charge is 0.426 e. The fourth-order valence-electron chi connectivity index (χ4n) is 2.03. The predicted octanol–water partition coefficient (Wildman–Crippen LogP) is 6.21. The fraction of sp³-hybridized carbons (Fsp3) is 0.278. The first-order valence-electron chi connectivity index (χ1n) is 7.61. The van der Waals surface area contributed by atoms with Crippen LogP contribution in [0.3, 0.4) is 0 Å². The Balaban J connectivity index is 1.99. The lowest BCUT2D eigenvalue weighted by molar-refractivity contribution is -0.139. The molecule has 4 nitrogen and oxygen atoms in total. The molecule has 0 fully saturated rings. The summed E-state index contributed by atoms with van der Waals surface area (Å²) in [7, 11) is 0. The SMILES string of the molecule is CCC(CC)C(=O)Oc1ccc(N=Nc2ccc(Br)cc2)cc1. The average molecular weight is 375 g/mol. The summed E-state index contributed by atoms with van der Waals surface area (Å²) < 4.78 is 6.37. The van der Waals surface area contributed by atoms with E-state index in [1.54, 1.807) is 24.3 Å². The van der Waals surface area contributed by atoms with Crippen LogP contribution in [-0.2, 0) is 4.79 Å². The van der Waals surface area contributed by atoms with Crippen LogP contribution in [0.15, 0.2) is 63.2 Å². The smallest absolute Gasteiger partial charge is 0.314 e. The van der Waals surface area contributed by atoms with E-state index in [-0.39, 0.29) is 11.9 Å². The number of hydrogen-bond donors (Lipinski definition) is 0. The van der Waals surface area contributed by atoms with E-state index in [9.17, 15) is 4.79 Å². The van der Waals surface area contributed by atoms with Crippen molar-refractivity contribution < 1.29 is 9.53 Å². The third-order valence-electron chi connectivity index (χ3n) is 3.48. The van der Waals surface area contributed by atoms with Gasteiger partial charge in [-0.15, -0.1) is 0 Å². The average Bonchev–Trinajstić information content (AvgIpc) is 2.57. The number of nitrogens with zero attached hydrogens (tertiary/aromatic N) is 2. The van der Waals surface area contributed by atoms with Crippen LogP contribution in [0, 0.1) is 5.92 Å². The monoisotopic (exact) mass is 374 g/mol. The first-order chi connectivity index (χ1) is 11.1. The van der Waals surface area contributed by atoms with Gasteiger partial charge in [0.2, 0.25) is 0 Å². The van der Waals surface area contributed by atoms with Gasteiger partial charge in [0.1, 0.15) is 5.75 Å². The number of hydrogen-bond acceptors (Lipinski definition) is 4. The molecule has 0 saturated carbocycles. The Morgan fingerprint density at radius 1 is 0.957 bits per heavy atom. The molecule has 0 bridgehead atoms. The van der Waals surface area contributed by atoms with Gasteiger partial charge < -0.3 is 4.74 Å². The highest BCUT2D eigenvalue weighted by Gasteiger charge is 2.16. The second-order valence-corrected chi connectivity index (χ2v) is 6.02. The maximum atomic E-state index is 11.9. The minimum absolute atomic E-state index is 0.0493. The summed E-state index contributed by atoms with van der Waals surface area (Å²) in [4.78, 5) is 11.9. The Hall–Kier alpha value is -2.01. The minimum Gasteiger partial charge on any atom is -0.426 e. The van der Waals surface area contributed by atoms with Gasteiger partial charge in [-0.3, -0.25) is 4.79 Å². The van der Waals surface area contributed by atoms with Crippen molar-refractivity contribution in [1.29, 1.82) is 0 Å². The van der Waals surface area contributed by atoms with Crippen LogP contribution in [0.4, 0.5) is 11.4 Å². The van der Waals surface area contributed by atoms with E-state index < -0.39 is 0 Å². The Labute approximate surface area is 144 Å². The molecule has 0 amide bonds. The predicted molar refractivity (Wildman–Crippen MR) is 94.5 cm³/mol. The molecule has 0 heterocycles. The van der Waals surface area contributed by atoms with E-state index in [0.717, 1.165) is 23.0 Å². The summed E-state index contributed by atoms with van der Waals surface area (Å²) in [5.41, 5.74) is 1.48. The number of carbonyl (C=O) groups is 1. The van der Waals surface area contributed by atoms with Crippen LogP contribution < -0.4 is 4.74 Å². The van der Waals surface area contributed by atoms with Gasteiger partial charge in [-0.25, -0.2) is 0 Å². The molecule has 0 spiro atoms. The summed E-state index contributed by atoms with van der Waals surface area (Å²) in [5, 5.41) is 8.32. The summed E-state index contributed by atoms with van der Waals surface area (Å²) in [6.45, 7) is 3.97. The van der Waals surface area contributed by atoms with Crippen LogP contribution in [-0.4, -0.2) is 5.97 Å². The van der Waals surface area contributed by atoms with Crippen molar-refractivity contribution in [3.05, 3.63) is 53.0 Å². The molecule has 0 aliphatic rings. The molecule has 2 aromatic carbocycles. The quantitative estimate of drug-likeness (QED) is 0.343. The maximum Gasteiger partial charge on any atom is 0.314 e. The van der Waals surface area contributed by atoms with E-state index in [1.807, 2.05) is 38.1 Å². The Morgan fingerprint density at radius 2 is 1.43 bits per heavy atom. The Bertz CT molecular complexity index is 662. The lowest BCUT2D eigenvalue weighted by atomic mass is 10.0. The highest BCUT2D eigenvalue weighted by atomic mass is 79.9. The highest BCUT2D eigenvalue weighted by molar-refractivity contribution is 9.10. The van der Waals surface area contributed by atoms with Crippen molar-refractivity contribution in [3.63, 3.8) is 0 Å². The number of esters is 1. The third-order valence-corrected chi connectivity index (χ3v) is 4.01. The lowest BCUT2D eigenvalue weighted by Gasteiger charge is -2.11. The molecular weight excluding hydrogens is 356 g/mol. The van der Waals surface area contributed by atoms with E-state index >= 15 is 0 Å². The zero-order valence-corrected chi connectivity index (χ0v) is 14.8. The highest BCUT2D eigenvalue weighted by Crippen LogP contribution is 2.23. The molecule has 0 aliphatic heterocycles. The summed E-state index contributed by atoms with van der Waals surface area (Å²) in [5.74, 6) is 0.301. The number of halogens is 1. The first kappa shape index (κ1) is 17.3. The third kappa shape index (κ3) is 5.28. The van der Waals surface area contributed by atoms with E-state index in [2.05, 4.69) is 26.2 Å². The molecule has 0 atom stereocenters. The maximum absolute atomic E-state index is 11.9. The van der Waals surface area contributed by atoms with Crippen molar-refractivity contribution in [1.82, 2.24) is 0 Å². The van der Waals surface area contributed by atoms with Gasteiger partial charge in [-0.05, 0) is 61.4 Å². The van der Waals surface area contributed by atoms with Gasteiger partial charge >= 0.3 is 5.97 Å². The minimum atomic E-state index is -0.181. The molecular formula is C18H19BrN2O2. The molecule has 2 rings (SSSR count). The zero-order chi connectivity index (χ0) is 16.7. The van der Waals surface area contributed by atoms with Crippen LogP contribution in [0.1, 0.15) is 26.7 Å². The molecule has 0 saturated heterocycles. The topological polar surface area (TPSA) is 51.0 Å². The molecule has 5 heteroatoms. The normalized spacial score (nSPS) is 11.1. The van der Waals surface area contributed by atoms with Crippen molar-refractivity contribution in [2.24, 2.45) is 16.1 Å². The summed E-state index contributed by atoms with van der Waals surface area (Å²) in [6, 6.07) is 14.6. The molecule has 0 N–H and O–H groups in total. The molecule has 2 aromatic rings. The van der Waals surface area contributed by atoms with Gasteiger partial charge in [-0.1, -0.05) is 29.8 Å². The molecule has 0 unspecified atom stereocenters. The van der Waals surface area contributed by atoms with Crippen LogP contribution in [0.5, 0.6) is 5.75 Å². The number of carbonyl (C=O) groups excluding carboxylic acids is 1. The second kappa shape index (κ2) is 8.58. The van der Waals surface area contributed by atoms with Gasteiger partial charge in [0.25, 0.3) is 0 Å². The van der Waals surface area contributed by atoms with Gasteiger partial charge in [0, 0.05) is 4.47 Å². The van der Waals surface area contributed by atoms with Crippen molar-refractivity contribution >= 4 is 33.3 Å². The fourth-order valence-corrected chi connectivity index (χ4v) is 2.29. The van der Waals surface area contributed by atoms with Crippen molar-refractivity contribution in [2.75, 3.05) is 0 Å². The standard InChI is InChI=1S/C18H19BrN2O2/c1-3-13(4-2)18(22)23-17-11-9-16(10-12-17)21-20-15-7-5-14(19)6-8-15/h5-13H,3-4H2,1-2H3. The number of azo groups is 1. The second-order valence-electron chi connectivity index (χ2n) is 5.10. The van der Waals surface area contributed by atoms with E-state index in [0.29, 0.717) is 11.4 Å². The number of ether oxygens (including phenoxy) is 1. The molecule has 120 valence electrons. The zero-order valence-electron chi connectivity index (χ0n) is 13.2. The van der Waals surface area contributed by atoms with Crippen molar-refractivity contribution in [2.45, 2.75) is 26.7 Å². The molecule has 23 heavy (non-hydrogen) atoms. The summed E-state index contributed by atoms with van der Waals surface area (Å²) >= 11 is 3.38. The number of rotatable bonds is 6. The van der Waals surface area contributed by atoms with Gasteiger partial charge in [0.05, 0.1) is 17.3 Å². The number of benzene rings is 2. The van der Waals surface area contributed by atoms with Gasteiger partial charge in [-0.2, -0.15) is 10.2 Å². The Kier molecular flexibility index (Phi) is 6.47. The molecule has 0 radical (unpaired) electrons. The summed E-state index contributed by atoms with van der Waals surface area (Å²) in [6.07, 6.45) is 1.57. The van der Waals surface area contributed by atoms with Crippen LogP contribution >= 0.6 is 15.9 Å².